The van der Waals surface area contributed by atoms with Crippen LogP contribution in [-0.4, -0.2) is 51.9 Å². The summed E-state index contributed by atoms with van der Waals surface area (Å²) in [6.07, 6.45) is 6.34. The van der Waals surface area contributed by atoms with Gasteiger partial charge in [0.05, 0.1) is 5.52 Å². The van der Waals surface area contributed by atoms with Crippen molar-refractivity contribution in [2.75, 3.05) is 42.1 Å². The lowest BCUT2D eigenvalue weighted by molar-refractivity contribution is -0.114. The number of aryl methyl sites for hydroxylation is 1. The van der Waals surface area contributed by atoms with Crippen molar-refractivity contribution in [3.05, 3.63) is 66.5 Å². The summed E-state index contributed by atoms with van der Waals surface area (Å²) in [7, 11) is 0. The van der Waals surface area contributed by atoms with E-state index in [0.717, 1.165) is 57.9 Å². The molecule has 2 aromatic carbocycles. The molecule has 0 atom stereocenters. The van der Waals surface area contributed by atoms with Gasteiger partial charge in [0.1, 0.15) is 5.82 Å². The second-order valence-electron chi connectivity index (χ2n) is 9.18. The van der Waals surface area contributed by atoms with E-state index in [9.17, 15) is 4.79 Å². The number of nitrogens with one attached hydrogen (secondary N) is 3. The van der Waals surface area contributed by atoms with Crippen LogP contribution in [0.2, 0.25) is 0 Å². The number of fused-ring (bicyclic) bond motifs is 1. The first-order chi connectivity index (χ1) is 17.5. The molecule has 0 radical (unpaired) electrons. The maximum Gasteiger partial charge on any atom is 0.227 e. The maximum absolute atomic E-state index is 11.4. The third-order valence-electron chi connectivity index (χ3n) is 6.41. The number of anilines is 4. The minimum atomic E-state index is -0.0930. The fraction of sp³-hybridized carbons (Fsp3) is 0.286. The Balaban J connectivity index is 1.32. The second-order valence-corrected chi connectivity index (χ2v) is 9.18. The van der Waals surface area contributed by atoms with Crippen LogP contribution in [0, 0.1) is 6.92 Å². The Morgan fingerprint density at radius 1 is 1.03 bits per heavy atom. The van der Waals surface area contributed by atoms with Gasteiger partial charge in [0, 0.05) is 60.3 Å². The molecule has 3 heterocycles. The van der Waals surface area contributed by atoms with E-state index in [4.69, 9.17) is 4.98 Å². The highest BCUT2D eigenvalue weighted by molar-refractivity contribution is 5.94. The van der Waals surface area contributed by atoms with Gasteiger partial charge in [-0.05, 0) is 68.8 Å². The summed E-state index contributed by atoms with van der Waals surface area (Å²) in [6, 6.07) is 15.9. The molecule has 5 rings (SSSR count). The highest BCUT2D eigenvalue weighted by Gasteiger charge is 2.11. The Labute approximate surface area is 211 Å². The van der Waals surface area contributed by atoms with Crippen LogP contribution in [0.15, 0.2) is 60.9 Å². The van der Waals surface area contributed by atoms with Gasteiger partial charge in [0.15, 0.2) is 0 Å². The average molecular weight is 482 g/mol. The number of aromatic nitrogens is 3. The van der Waals surface area contributed by atoms with Crippen molar-refractivity contribution in [2.45, 2.75) is 26.7 Å². The van der Waals surface area contributed by atoms with Gasteiger partial charge >= 0.3 is 0 Å². The summed E-state index contributed by atoms with van der Waals surface area (Å²) >= 11 is 0. The van der Waals surface area contributed by atoms with Gasteiger partial charge in [-0.15, -0.1) is 0 Å². The van der Waals surface area contributed by atoms with Crippen LogP contribution < -0.4 is 16.0 Å². The van der Waals surface area contributed by atoms with Crippen molar-refractivity contribution in [1.29, 1.82) is 0 Å². The smallest absolute Gasteiger partial charge is 0.227 e. The van der Waals surface area contributed by atoms with Crippen molar-refractivity contribution >= 4 is 40.0 Å². The largest absolute Gasteiger partial charge is 0.369 e. The number of amides is 1. The molecule has 1 aliphatic heterocycles. The number of pyridine rings is 1. The minimum Gasteiger partial charge on any atom is -0.369 e. The summed E-state index contributed by atoms with van der Waals surface area (Å²) in [5.74, 6) is 1.30. The van der Waals surface area contributed by atoms with Gasteiger partial charge in [0.2, 0.25) is 11.9 Å². The normalized spacial score (nSPS) is 13.6. The number of likely N-dealkylation sites (tertiary alicyclic amines) is 1. The predicted octanol–water partition coefficient (Wildman–Crippen LogP) is 5.21. The lowest BCUT2D eigenvalue weighted by Crippen LogP contribution is -2.26. The first kappa shape index (κ1) is 23.7. The number of rotatable bonds is 8. The zero-order chi connectivity index (χ0) is 24.9. The fourth-order valence-corrected chi connectivity index (χ4v) is 4.56. The van der Waals surface area contributed by atoms with Crippen molar-refractivity contribution < 1.29 is 4.79 Å². The Morgan fingerprint density at radius 2 is 1.89 bits per heavy atom. The van der Waals surface area contributed by atoms with E-state index in [1.165, 1.54) is 32.9 Å². The van der Waals surface area contributed by atoms with Crippen LogP contribution in [0.3, 0.4) is 0 Å². The Morgan fingerprint density at radius 3 is 2.64 bits per heavy atom. The first-order valence-corrected chi connectivity index (χ1v) is 12.4. The number of benzene rings is 2. The molecule has 1 saturated heterocycles. The minimum absolute atomic E-state index is 0.0930. The van der Waals surface area contributed by atoms with Gasteiger partial charge in [-0.3, -0.25) is 4.79 Å². The lowest BCUT2D eigenvalue weighted by atomic mass is 10.0. The van der Waals surface area contributed by atoms with Gasteiger partial charge < -0.3 is 20.9 Å². The highest BCUT2D eigenvalue weighted by Crippen LogP contribution is 2.29. The number of hydrogen-bond donors (Lipinski definition) is 3. The molecule has 1 amide bonds. The quantitative estimate of drug-likeness (QED) is 0.318. The Kier molecular flexibility index (Phi) is 7.04. The molecular weight excluding hydrogens is 450 g/mol. The summed E-state index contributed by atoms with van der Waals surface area (Å²) in [5.41, 5.74) is 5.47. The van der Waals surface area contributed by atoms with Gasteiger partial charge in [-0.2, -0.15) is 0 Å². The molecule has 36 heavy (non-hydrogen) atoms. The van der Waals surface area contributed by atoms with Crippen molar-refractivity contribution in [2.24, 2.45) is 0 Å². The second kappa shape index (κ2) is 10.7. The summed E-state index contributed by atoms with van der Waals surface area (Å²) in [4.78, 5) is 27.8. The molecule has 0 spiro atoms. The van der Waals surface area contributed by atoms with Crippen LogP contribution in [0.5, 0.6) is 0 Å². The van der Waals surface area contributed by atoms with E-state index < -0.39 is 0 Å². The molecule has 3 N–H and O–H groups in total. The van der Waals surface area contributed by atoms with E-state index >= 15 is 0 Å². The molecule has 1 fully saturated rings. The molecule has 4 aromatic rings. The molecule has 2 aromatic heterocycles. The zero-order valence-electron chi connectivity index (χ0n) is 20.7. The molecule has 0 bridgehead atoms. The number of carbonyl (C=O) groups is 1. The molecule has 8 nitrogen and oxygen atoms in total. The third kappa shape index (κ3) is 5.60. The van der Waals surface area contributed by atoms with Gasteiger partial charge in [-0.1, -0.05) is 18.2 Å². The van der Waals surface area contributed by atoms with Crippen molar-refractivity contribution in [3.63, 3.8) is 0 Å². The number of para-hydroxylation sites is 1. The van der Waals surface area contributed by atoms with Crippen LogP contribution in [0.25, 0.3) is 22.0 Å². The monoisotopic (exact) mass is 481 g/mol. The zero-order valence-corrected chi connectivity index (χ0v) is 20.7. The molecule has 0 saturated carbocycles. The lowest BCUT2D eigenvalue weighted by Gasteiger charge is -2.15. The molecule has 184 valence electrons. The molecule has 0 aliphatic carbocycles. The van der Waals surface area contributed by atoms with Gasteiger partial charge in [-0.25, -0.2) is 15.0 Å². The molecule has 0 unspecified atom stereocenters. The van der Waals surface area contributed by atoms with Crippen LogP contribution in [0.1, 0.15) is 25.3 Å². The highest BCUT2D eigenvalue weighted by atomic mass is 16.1. The number of carbonyl (C=O) groups excluding carboxylic acids is 1. The van der Waals surface area contributed by atoms with E-state index in [1.54, 1.807) is 0 Å². The maximum atomic E-state index is 11.4. The first-order valence-electron chi connectivity index (χ1n) is 12.4. The van der Waals surface area contributed by atoms with Crippen LogP contribution in [0.4, 0.5) is 23.1 Å². The molecular formula is C28H31N7O. The molecule has 8 heteroatoms. The van der Waals surface area contributed by atoms with Gasteiger partial charge in [0.25, 0.3) is 0 Å². The molecule has 1 aliphatic rings. The average Bonchev–Trinajstić information content (AvgIpc) is 3.39. The van der Waals surface area contributed by atoms with Crippen LogP contribution >= 0.6 is 0 Å². The van der Waals surface area contributed by atoms with Crippen LogP contribution in [-0.2, 0) is 4.79 Å². The van der Waals surface area contributed by atoms with Crippen molar-refractivity contribution in [1.82, 2.24) is 19.9 Å². The van der Waals surface area contributed by atoms with E-state index in [-0.39, 0.29) is 5.91 Å². The summed E-state index contributed by atoms with van der Waals surface area (Å²) in [6.45, 7) is 7.81. The Hall–Kier alpha value is -4.04. The fourth-order valence-electron chi connectivity index (χ4n) is 4.56. The Bertz CT molecular complexity index is 1360. The predicted molar refractivity (Wildman–Crippen MR) is 146 cm³/mol. The summed E-state index contributed by atoms with van der Waals surface area (Å²) < 4.78 is 0. The van der Waals surface area contributed by atoms with Crippen molar-refractivity contribution in [3.8, 4) is 11.1 Å². The van der Waals surface area contributed by atoms with E-state index in [2.05, 4.69) is 43.0 Å². The number of hydrogen-bond acceptors (Lipinski definition) is 7. The topological polar surface area (TPSA) is 95.1 Å². The SMILES string of the molecule is CC(=O)Nc1ccc(Nc2ncc3cccc(-c4ccc(NCCN5CCCC5)nc4)c3n2)cc1C. The van der Waals surface area contributed by atoms with E-state index in [1.807, 2.05) is 55.7 Å². The standard InChI is InChI=1S/C28H31N7O/c1-19-16-23(9-10-25(19)32-20(2)36)33-28-31-18-22-6-5-7-24(27(22)34-28)21-8-11-26(30-17-21)29-12-15-35-13-3-4-14-35/h5-11,16-18H,3-4,12-15H2,1-2H3,(H,29,30)(H,32,36)(H,31,33,34). The van der Waals surface area contributed by atoms with E-state index in [0.29, 0.717) is 5.95 Å². The third-order valence-corrected chi connectivity index (χ3v) is 6.41. The number of nitrogens with zero attached hydrogens (tertiary/aromatic N) is 4. The summed E-state index contributed by atoms with van der Waals surface area (Å²) in [5, 5.41) is 10.5.